The number of hydrogen-bond acceptors (Lipinski definition) is 4. The average Bonchev–Trinajstić information content (AvgIpc) is 2.65. The molecular weight excluding hydrogens is 324 g/mol. The van der Waals surface area contributed by atoms with E-state index in [1.807, 2.05) is 0 Å². The third kappa shape index (κ3) is 4.15. The zero-order chi connectivity index (χ0) is 16.8. The van der Waals surface area contributed by atoms with Crippen molar-refractivity contribution < 1.29 is 13.2 Å². The predicted octanol–water partition coefficient (Wildman–Crippen LogP) is 1.55. The van der Waals surface area contributed by atoms with Crippen molar-refractivity contribution in [2.75, 3.05) is 17.4 Å². The van der Waals surface area contributed by atoms with Gasteiger partial charge in [0.1, 0.15) is 5.88 Å². The van der Waals surface area contributed by atoms with Crippen LogP contribution in [0.2, 0.25) is 0 Å². The molecule has 22 heavy (non-hydrogen) atoms. The largest absolute Gasteiger partial charge is 0.335 e. The van der Waals surface area contributed by atoms with Gasteiger partial charge in [-0.05, 0) is 47.0 Å². The predicted molar refractivity (Wildman–Crippen MR) is 88.9 cm³/mol. The molecule has 0 bridgehead atoms. The minimum atomic E-state index is -3.03. The maximum absolute atomic E-state index is 12.4. The number of halogens is 1. The Morgan fingerprint density at radius 1 is 1.18 bits per heavy atom. The number of sulfone groups is 1. The third-order valence-corrected chi connectivity index (χ3v) is 6.55. The van der Waals surface area contributed by atoms with Crippen LogP contribution in [-0.4, -0.2) is 59.8 Å². The highest BCUT2D eigenvalue weighted by Crippen LogP contribution is 2.34. The molecule has 0 aromatic rings. The molecule has 7 heteroatoms. The molecule has 128 valence electrons. The van der Waals surface area contributed by atoms with Crippen molar-refractivity contribution in [2.45, 2.75) is 70.1 Å². The van der Waals surface area contributed by atoms with Gasteiger partial charge >= 0.3 is 0 Å². The molecule has 2 fully saturated rings. The van der Waals surface area contributed by atoms with Crippen molar-refractivity contribution >= 4 is 27.3 Å². The smallest absolute Gasteiger partial charge is 0.238 e. The topological polar surface area (TPSA) is 66.5 Å². The van der Waals surface area contributed by atoms with Gasteiger partial charge in [-0.1, -0.05) is 0 Å². The second-order valence-electron chi connectivity index (χ2n) is 7.95. The van der Waals surface area contributed by atoms with Gasteiger partial charge in [0, 0.05) is 23.2 Å². The molecule has 0 aliphatic carbocycles. The highest BCUT2D eigenvalue weighted by Gasteiger charge is 2.45. The van der Waals surface area contributed by atoms with E-state index in [4.69, 9.17) is 11.6 Å². The molecule has 0 aromatic carbocycles. The van der Waals surface area contributed by atoms with E-state index in [1.54, 1.807) is 4.90 Å². The fourth-order valence-electron chi connectivity index (χ4n) is 4.23. The van der Waals surface area contributed by atoms with Gasteiger partial charge in [-0.2, -0.15) is 0 Å². The van der Waals surface area contributed by atoms with Crippen LogP contribution in [0.4, 0.5) is 0 Å². The van der Waals surface area contributed by atoms with Crippen LogP contribution >= 0.6 is 11.6 Å². The van der Waals surface area contributed by atoms with E-state index in [-0.39, 0.29) is 46.5 Å². The summed E-state index contributed by atoms with van der Waals surface area (Å²) < 4.78 is 23.6. The van der Waals surface area contributed by atoms with Crippen LogP contribution in [-0.2, 0) is 14.6 Å². The summed E-state index contributed by atoms with van der Waals surface area (Å²) in [4.78, 5) is 14.2. The molecule has 5 nitrogen and oxygen atoms in total. The van der Waals surface area contributed by atoms with Crippen molar-refractivity contribution in [3.63, 3.8) is 0 Å². The molecule has 2 heterocycles. The van der Waals surface area contributed by atoms with E-state index in [1.165, 1.54) is 0 Å². The van der Waals surface area contributed by atoms with Crippen LogP contribution in [0.15, 0.2) is 0 Å². The van der Waals surface area contributed by atoms with Gasteiger partial charge < -0.3 is 10.2 Å². The molecule has 0 radical (unpaired) electrons. The van der Waals surface area contributed by atoms with E-state index in [9.17, 15) is 13.2 Å². The Morgan fingerprint density at radius 2 is 1.73 bits per heavy atom. The molecule has 0 aromatic heterocycles. The van der Waals surface area contributed by atoms with Crippen LogP contribution in [0.25, 0.3) is 0 Å². The summed E-state index contributed by atoms with van der Waals surface area (Å²) in [5.74, 6) is -0.00858. The summed E-state index contributed by atoms with van der Waals surface area (Å²) >= 11 is 5.80. The molecule has 2 rings (SSSR count). The normalized spacial score (nSPS) is 30.1. The lowest BCUT2D eigenvalue weighted by atomic mass is 9.78. The van der Waals surface area contributed by atoms with E-state index in [0.29, 0.717) is 6.42 Å². The van der Waals surface area contributed by atoms with Crippen molar-refractivity contribution in [3.8, 4) is 0 Å². The molecule has 0 saturated carbocycles. The Labute approximate surface area is 138 Å². The van der Waals surface area contributed by atoms with Gasteiger partial charge in [-0.15, -0.1) is 11.6 Å². The molecular formula is C15H27ClN2O3S. The summed E-state index contributed by atoms with van der Waals surface area (Å²) in [6.45, 7) is 8.48. The third-order valence-electron chi connectivity index (χ3n) is 4.57. The number of nitrogens with zero attached hydrogens (tertiary/aromatic N) is 1. The van der Waals surface area contributed by atoms with Crippen LogP contribution in [0, 0.1) is 0 Å². The summed E-state index contributed by atoms with van der Waals surface area (Å²) in [5, 5.41) is 3.59. The van der Waals surface area contributed by atoms with Crippen LogP contribution in [0.1, 0.15) is 47.0 Å². The fraction of sp³-hybridized carbons (Fsp3) is 0.933. The van der Waals surface area contributed by atoms with Gasteiger partial charge in [-0.25, -0.2) is 8.42 Å². The van der Waals surface area contributed by atoms with Crippen LogP contribution in [0.3, 0.4) is 0 Å². The van der Waals surface area contributed by atoms with Gasteiger partial charge in [0.25, 0.3) is 0 Å². The fourth-order valence-corrected chi connectivity index (χ4v) is 6.08. The molecule has 2 aliphatic heterocycles. The SMILES string of the molecule is CC1(C)CC(N(C(=O)CCl)C2CCS(=O)(=O)C2)CC(C)(C)N1. The lowest BCUT2D eigenvalue weighted by molar-refractivity contribution is -0.135. The molecule has 1 N–H and O–H groups in total. The quantitative estimate of drug-likeness (QED) is 0.784. The zero-order valence-corrected chi connectivity index (χ0v) is 15.4. The van der Waals surface area contributed by atoms with E-state index in [0.717, 1.165) is 12.8 Å². The number of hydrogen-bond donors (Lipinski definition) is 1. The lowest BCUT2D eigenvalue weighted by Crippen LogP contribution is -2.64. The van der Waals surface area contributed by atoms with E-state index >= 15 is 0 Å². The van der Waals surface area contributed by atoms with E-state index in [2.05, 4.69) is 33.0 Å². The second-order valence-corrected chi connectivity index (χ2v) is 10.4. The standard InChI is InChI=1S/C15H27ClN2O3S/c1-14(2)7-12(8-15(3,4)17-14)18(13(19)9-16)11-5-6-22(20,21)10-11/h11-12,17H,5-10H2,1-4H3. The van der Waals surface area contributed by atoms with Gasteiger partial charge in [0.15, 0.2) is 9.84 Å². The Balaban J connectivity index is 2.28. The lowest BCUT2D eigenvalue weighted by Gasteiger charge is -2.50. The van der Waals surface area contributed by atoms with E-state index < -0.39 is 9.84 Å². The molecule has 2 aliphatic rings. The Morgan fingerprint density at radius 3 is 2.14 bits per heavy atom. The number of alkyl halides is 1. The van der Waals surface area contributed by atoms with Crippen LogP contribution < -0.4 is 5.32 Å². The first-order valence-corrected chi connectivity index (χ1v) is 10.2. The second kappa shape index (κ2) is 5.95. The maximum atomic E-state index is 12.4. The van der Waals surface area contributed by atoms with Crippen molar-refractivity contribution in [1.29, 1.82) is 0 Å². The van der Waals surface area contributed by atoms with Gasteiger partial charge in [0.05, 0.1) is 11.5 Å². The number of rotatable bonds is 3. The maximum Gasteiger partial charge on any atom is 0.238 e. The first-order chi connectivity index (χ1) is 9.95. The molecule has 1 atom stereocenters. The molecule has 1 unspecified atom stereocenters. The summed E-state index contributed by atoms with van der Waals surface area (Å²) in [5.41, 5.74) is -0.205. The van der Waals surface area contributed by atoms with Crippen molar-refractivity contribution in [2.24, 2.45) is 0 Å². The average molecular weight is 351 g/mol. The van der Waals surface area contributed by atoms with Gasteiger partial charge in [-0.3, -0.25) is 4.79 Å². The number of nitrogens with one attached hydrogen (secondary N) is 1. The molecule has 2 saturated heterocycles. The highest BCUT2D eigenvalue weighted by atomic mass is 35.5. The zero-order valence-electron chi connectivity index (χ0n) is 13.9. The number of piperidine rings is 1. The highest BCUT2D eigenvalue weighted by molar-refractivity contribution is 7.91. The minimum absolute atomic E-state index is 0.0239. The first kappa shape index (κ1) is 18.0. The Hall–Kier alpha value is -0.330. The summed E-state index contributed by atoms with van der Waals surface area (Å²) in [6.07, 6.45) is 2.13. The number of amides is 1. The molecule has 1 amide bonds. The monoisotopic (exact) mass is 350 g/mol. The molecule has 0 spiro atoms. The van der Waals surface area contributed by atoms with Crippen molar-refractivity contribution in [1.82, 2.24) is 10.2 Å². The Bertz CT molecular complexity index is 529. The number of carbonyl (C=O) groups is 1. The van der Waals surface area contributed by atoms with Gasteiger partial charge in [0.2, 0.25) is 5.91 Å². The van der Waals surface area contributed by atoms with Crippen molar-refractivity contribution in [3.05, 3.63) is 0 Å². The minimum Gasteiger partial charge on any atom is -0.335 e. The summed E-state index contributed by atoms with van der Waals surface area (Å²) in [7, 11) is -3.03. The summed E-state index contributed by atoms with van der Waals surface area (Å²) in [6, 6.07) is -0.207. The number of carbonyl (C=O) groups excluding carboxylic acids is 1. The Kier molecular flexibility index (Phi) is 4.87. The first-order valence-electron chi connectivity index (χ1n) is 7.82. The van der Waals surface area contributed by atoms with Crippen LogP contribution in [0.5, 0.6) is 0 Å².